The van der Waals surface area contributed by atoms with E-state index in [-0.39, 0.29) is 11.9 Å². The normalized spacial score (nSPS) is 18.4. The van der Waals surface area contributed by atoms with Crippen molar-refractivity contribution in [3.8, 4) is 0 Å². The molecule has 1 aliphatic carbocycles. The lowest BCUT2D eigenvalue weighted by atomic mass is 9.90. The van der Waals surface area contributed by atoms with Crippen LogP contribution in [0, 0.1) is 11.7 Å². The van der Waals surface area contributed by atoms with Crippen molar-refractivity contribution >= 4 is 47.6 Å². The van der Waals surface area contributed by atoms with Crippen molar-refractivity contribution < 1.29 is 19.0 Å². The average Bonchev–Trinajstić information content (AvgIpc) is 3.62. The quantitative estimate of drug-likeness (QED) is 0.0217. The summed E-state index contributed by atoms with van der Waals surface area (Å²) in [4.78, 5) is 22.9. The molecule has 1 saturated heterocycles. The van der Waals surface area contributed by atoms with Gasteiger partial charge in [0, 0.05) is 91.5 Å². The predicted molar refractivity (Wildman–Crippen MR) is 238 cm³/mol. The Morgan fingerprint density at radius 2 is 2.00 bits per heavy atom. The minimum absolute atomic E-state index is 0.0781. The number of piperidine rings is 1. The Labute approximate surface area is 349 Å². The second kappa shape index (κ2) is 26.6. The minimum Gasteiger partial charge on any atom is -0.400 e. The Hall–Kier alpha value is -3.33. The number of aliphatic hydroxyl groups is 1. The number of amides is 1. The lowest BCUT2D eigenvalue weighted by molar-refractivity contribution is -0.109. The Bertz CT molecular complexity index is 1740. The summed E-state index contributed by atoms with van der Waals surface area (Å²) in [7, 11) is 4.69. The molecule has 314 valence electrons. The number of allylic oxidation sites excluding steroid dienone is 5. The lowest BCUT2D eigenvalue weighted by Gasteiger charge is -2.43. The first-order valence-corrected chi connectivity index (χ1v) is 21.2. The molecule has 3 aromatic rings. The first-order valence-electron chi connectivity index (χ1n) is 19.8. The van der Waals surface area contributed by atoms with Gasteiger partial charge in [-0.3, -0.25) is 19.4 Å². The zero-order valence-corrected chi connectivity index (χ0v) is 36.1. The second-order valence-corrected chi connectivity index (χ2v) is 15.9. The van der Waals surface area contributed by atoms with Crippen molar-refractivity contribution in [1.82, 2.24) is 24.8 Å². The van der Waals surface area contributed by atoms with Gasteiger partial charge in [0.25, 0.3) is 0 Å². The molecule has 2 aliphatic rings. The maximum absolute atomic E-state index is 14.0. The van der Waals surface area contributed by atoms with Gasteiger partial charge in [0.1, 0.15) is 5.82 Å². The van der Waals surface area contributed by atoms with E-state index in [4.69, 9.17) is 27.2 Å². The van der Waals surface area contributed by atoms with Gasteiger partial charge in [-0.2, -0.15) is 0 Å². The highest BCUT2D eigenvalue weighted by molar-refractivity contribution is 7.96. The maximum Gasteiger partial charge on any atom is 0.207 e. The molecule has 2 aromatic carbocycles. The molecule has 2 unspecified atom stereocenters. The number of rotatable bonds is 19. The van der Waals surface area contributed by atoms with Crippen LogP contribution in [0.3, 0.4) is 0 Å². The van der Waals surface area contributed by atoms with Gasteiger partial charge < -0.3 is 30.8 Å². The Balaban J connectivity index is 0.000000362. The summed E-state index contributed by atoms with van der Waals surface area (Å²) in [5, 5.41) is 11.4. The third kappa shape index (κ3) is 15.7. The SMILES string of the molecule is C=N/C(=C\C=C/Cc1ccc(Cl)cc1F)C1CCN(C[C@@H](C)N(CCOC)C2CCC(C)=CC2N)CC1.CNSCc1ccc2[nH]cc(CCNC=O)c2c1.CO. The number of fused-ring (bicyclic) bond motifs is 1. The third-order valence-electron chi connectivity index (χ3n) is 10.6. The number of aliphatic imine (C=N–C) groups is 1. The zero-order valence-electron chi connectivity index (χ0n) is 34.5. The molecule has 6 N–H and O–H groups in total. The van der Waals surface area contributed by atoms with E-state index in [2.05, 4.69) is 74.7 Å². The first-order chi connectivity index (χ1) is 27.7. The van der Waals surface area contributed by atoms with Crippen LogP contribution in [-0.4, -0.2) is 112 Å². The number of ether oxygens (including phenoxy) is 1. The summed E-state index contributed by atoms with van der Waals surface area (Å²) in [6, 6.07) is 12.1. The van der Waals surface area contributed by atoms with Gasteiger partial charge in [-0.1, -0.05) is 59.5 Å². The highest BCUT2D eigenvalue weighted by Crippen LogP contribution is 2.28. The Kier molecular flexibility index (Phi) is 22.4. The number of aliphatic hydroxyl groups excluding tert-OH is 1. The molecule has 1 aromatic heterocycles. The topological polar surface area (TPSA) is 131 Å². The number of carbonyl (C=O) groups is 1. The van der Waals surface area contributed by atoms with Crippen LogP contribution in [0.5, 0.6) is 0 Å². The van der Waals surface area contributed by atoms with E-state index >= 15 is 0 Å². The summed E-state index contributed by atoms with van der Waals surface area (Å²) < 4.78 is 22.5. The number of benzene rings is 2. The van der Waals surface area contributed by atoms with Crippen LogP contribution in [0.2, 0.25) is 5.02 Å². The number of halogens is 2. The smallest absolute Gasteiger partial charge is 0.207 e. The van der Waals surface area contributed by atoms with Crippen LogP contribution < -0.4 is 15.8 Å². The molecular weight excluding hydrogens is 761 g/mol. The number of H-pyrrole nitrogens is 1. The first kappa shape index (κ1) is 48.0. The number of aromatic nitrogens is 1. The van der Waals surface area contributed by atoms with Gasteiger partial charge in [-0.15, -0.1) is 0 Å². The van der Waals surface area contributed by atoms with E-state index in [1.54, 1.807) is 31.2 Å². The molecule has 2 heterocycles. The second-order valence-electron chi connectivity index (χ2n) is 14.5. The molecule has 0 radical (unpaired) electrons. The summed E-state index contributed by atoms with van der Waals surface area (Å²) >= 11 is 7.52. The van der Waals surface area contributed by atoms with Crippen molar-refractivity contribution in [2.75, 3.05) is 60.6 Å². The van der Waals surface area contributed by atoms with Crippen LogP contribution in [0.15, 0.2) is 83.2 Å². The molecular formula is C44H65ClFN7O3S. The number of likely N-dealkylation sites (tertiary alicyclic amines) is 1. The van der Waals surface area contributed by atoms with E-state index in [1.807, 2.05) is 31.5 Å². The number of nitrogens with one attached hydrogen (secondary N) is 3. The molecule has 3 atom stereocenters. The van der Waals surface area contributed by atoms with E-state index in [9.17, 15) is 9.18 Å². The van der Waals surface area contributed by atoms with Gasteiger partial charge in [-0.25, -0.2) is 4.39 Å². The number of hydrogen-bond donors (Lipinski definition) is 5. The average molecular weight is 827 g/mol. The minimum atomic E-state index is -0.275. The summed E-state index contributed by atoms with van der Waals surface area (Å²) in [5.41, 5.74) is 13.3. The summed E-state index contributed by atoms with van der Waals surface area (Å²) in [6.45, 7) is 13.7. The van der Waals surface area contributed by atoms with Crippen molar-refractivity contribution in [3.05, 3.63) is 106 Å². The fourth-order valence-corrected chi connectivity index (χ4v) is 8.24. The molecule has 57 heavy (non-hydrogen) atoms. The molecule has 13 heteroatoms. The molecule has 1 aliphatic heterocycles. The number of nitrogens with two attached hydrogens (primary N) is 1. The number of carbonyl (C=O) groups excluding carboxylic acids is 1. The zero-order chi connectivity index (χ0) is 41.6. The highest BCUT2D eigenvalue weighted by Gasteiger charge is 2.31. The van der Waals surface area contributed by atoms with Crippen molar-refractivity contribution in [1.29, 1.82) is 0 Å². The van der Waals surface area contributed by atoms with Crippen LogP contribution >= 0.6 is 23.5 Å². The third-order valence-corrected chi connectivity index (χ3v) is 11.6. The van der Waals surface area contributed by atoms with Crippen molar-refractivity contribution in [3.63, 3.8) is 0 Å². The fraction of sp³-hybridized carbons (Fsp3) is 0.500. The van der Waals surface area contributed by atoms with Gasteiger partial charge in [-0.05, 0) is 126 Å². The summed E-state index contributed by atoms with van der Waals surface area (Å²) in [6.07, 6.45) is 16.6. The van der Waals surface area contributed by atoms with Crippen LogP contribution in [-0.2, 0) is 28.1 Å². The molecule has 10 nitrogen and oxygen atoms in total. The molecule has 5 rings (SSSR count). The number of aromatic amines is 1. The number of hydrogen-bond acceptors (Lipinski definition) is 9. The highest BCUT2D eigenvalue weighted by atomic mass is 35.5. The lowest BCUT2D eigenvalue weighted by Crippen LogP contribution is -2.55. The van der Waals surface area contributed by atoms with Gasteiger partial charge in [0.15, 0.2) is 0 Å². The number of methoxy groups -OCH3 is 1. The monoisotopic (exact) mass is 825 g/mol. The van der Waals surface area contributed by atoms with Crippen LogP contribution in [0.4, 0.5) is 4.39 Å². The van der Waals surface area contributed by atoms with Gasteiger partial charge in [0.05, 0.1) is 6.61 Å². The molecule has 0 saturated carbocycles. The molecule has 1 fully saturated rings. The number of nitrogens with zero attached hydrogens (tertiary/aromatic N) is 3. The van der Waals surface area contributed by atoms with E-state index in [1.165, 1.54) is 28.2 Å². The van der Waals surface area contributed by atoms with Crippen LogP contribution in [0.25, 0.3) is 10.9 Å². The van der Waals surface area contributed by atoms with Gasteiger partial charge in [0.2, 0.25) is 6.41 Å². The largest absolute Gasteiger partial charge is 0.400 e. The standard InChI is InChI=1S/C30H44ClFN4O.C13H17N3OS.CH4O/c1-22-9-12-30(28(33)19-22)36(17-18-37-4)23(2)21-35-15-13-25(14-16-35)29(34-3)8-6-5-7-24-10-11-26(31)20-27(24)32;1-14-18-8-10-2-3-13-12(6-10)11(7-16-13)4-5-15-9-17;1-2/h5-6,8,10-11,19-20,23,25,28,30H,3,7,9,12-18,21,33H2,1-2,4H3;2-3,6-7,9,14,16H,4-5,8H2,1H3,(H,15,17);2H,1H3/b6-5-,29-8-;;/t23-,28?,30?;;/m1../s1. The van der Waals surface area contributed by atoms with Crippen molar-refractivity contribution in [2.45, 2.75) is 76.3 Å². The fourth-order valence-electron chi connectivity index (χ4n) is 7.59. The van der Waals surface area contributed by atoms with Gasteiger partial charge >= 0.3 is 0 Å². The Morgan fingerprint density at radius 3 is 2.67 bits per heavy atom. The molecule has 0 spiro atoms. The van der Waals surface area contributed by atoms with Crippen molar-refractivity contribution in [2.24, 2.45) is 16.6 Å². The Morgan fingerprint density at radius 1 is 1.23 bits per heavy atom. The maximum atomic E-state index is 14.0. The van der Waals surface area contributed by atoms with Crippen LogP contribution in [0.1, 0.15) is 56.2 Å². The predicted octanol–water partition coefficient (Wildman–Crippen LogP) is 7.08. The molecule has 1 amide bonds. The van der Waals surface area contributed by atoms with E-state index in [0.29, 0.717) is 41.6 Å². The summed E-state index contributed by atoms with van der Waals surface area (Å²) in [5.74, 6) is 1.07. The molecule has 0 bridgehead atoms. The van der Waals surface area contributed by atoms with E-state index < -0.39 is 0 Å². The van der Waals surface area contributed by atoms with E-state index in [0.717, 1.165) is 95.4 Å².